The van der Waals surface area contributed by atoms with Crippen molar-refractivity contribution in [2.45, 2.75) is 32.3 Å². The van der Waals surface area contributed by atoms with E-state index < -0.39 is 5.97 Å². The van der Waals surface area contributed by atoms with Crippen molar-refractivity contribution in [3.63, 3.8) is 0 Å². The number of esters is 1. The van der Waals surface area contributed by atoms with Crippen LogP contribution in [-0.2, 0) is 25.7 Å². The van der Waals surface area contributed by atoms with Gasteiger partial charge >= 0.3 is 5.97 Å². The molecule has 160 valence electrons. The Labute approximate surface area is 180 Å². The average molecular weight is 420 g/mol. The number of hydrogen-bond acceptors (Lipinski definition) is 5. The number of nitrogens with zero attached hydrogens (tertiary/aromatic N) is 1. The molecule has 1 aliphatic carbocycles. The molecular weight excluding hydrogens is 396 g/mol. The molecule has 2 aromatic carbocycles. The molecule has 0 radical (unpaired) electrons. The van der Waals surface area contributed by atoms with E-state index in [2.05, 4.69) is 5.32 Å². The van der Waals surface area contributed by atoms with Crippen molar-refractivity contribution in [1.82, 2.24) is 4.90 Å². The molecule has 3 amide bonds. The second kappa shape index (κ2) is 9.12. The van der Waals surface area contributed by atoms with Gasteiger partial charge in [0.25, 0.3) is 5.91 Å². The van der Waals surface area contributed by atoms with Crippen LogP contribution in [0.15, 0.2) is 54.6 Å². The number of hydrogen-bond donors (Lipinski definition) is 1. The Morgan fingerprint density at radius 2 is 1.52 bits per heavy atom. The Kier molecular flexibility index (Phi) is 6.11. The van der Waals surface area contributed by atoms with Crippen LogP contribution in [0.3, 0.4) is 0 Å². The number of ether oxygens (including phenoxy) is 1. The summed E-state index contributed by atoms with van der Waals surface area (Å²) in [4.78, 5) is 50.5. The van der Waals surface area contributed by atoms with E-state index in [1.54, 1.807) is 36.4 Å². The molecule has 7 heteroatoms. The third kappa shape index (κ3) is 4.66. The summed E-state index contributed by atoms with van der Waals surface area (Å²) in [6.07, 6.45) is 3.31. The fraction of sp³-hybridized carbons (Fsp3) is 0.333. The number of fused-ring (bicyclic) bond motifs is 1. The fourth-order valence-corrected chi connectivity index (χ4v) is 4.20. The third-order valence-corrected chi connectivity index (χ3v) is 5.87. The van der Waals surface area contributed by atoms with Gasteiger partial charge in [-0.2, -0.15) is 0 Å². The maximum atomic E-state index is 12.5. The Balaban J connectivity index is 1.28. The van der Waals surface area contributed by atoms with Crippen molar-refractivity contribution in [3.8, 4) is 0 Å². The molecule has 1 aliphatic heterocycles. The molecule has 2 aromatic rings. The van der Waals surface area contributed by atoms with Crippen molar-refractivity contribution in [2.75, 3.05) is 11.9 Å². The Bertz CT molecular complexity index is 963. The topological polar surface area (TPSA) is 92.8 Å². The molecule has 2 fully saturated rings. The molecule has 2 atom stereocenters. The smallest absolute Gasteiger partial charge is 0.326 e. The summed E-state index contributed by atoms with van der Waals surface area (Å²) in [5.41, 5.74) is 1.89. The monoisotopic (exact) mass is 420 g/mol. The summed E-state index contributed by atoms with van der Waals surface area (Å²) in [6.45, 7) is -0.343. The molecule has 0 bridgehead atoms. The van der Waals surface area contributed by atoms with E-state index in [4.69, 9.17) is 4.74 Å². The maximum Gasteiger partial charge on any atom is 0.326 e. The molecule has 1 saturated carbocycles. The quantitative estimate of drug-likeness (QED) is 0.572. The van der Waals surface area contributed by atoms with Crippen LogP contribution in [0.5, 0.6) is 0 Å². The Morgan fingerprint density at radius 3 is 2.13 bits per heavy atom. The van der Waals surface area contributed by atoms with E-state index in [-0.39, 0.29) is 42.7 Å². The molecule has 1 saturated heterocycles. The van der Waals surface area contributed by atoms with Crippen molar-refractivity contribution >= 4 is 29.4 Å². The lowest BCUT2D eigenvalue weighted by molar-refractivity contribution is -0.153. The van der Waals surface area contributed by atoms with Crippen molar-refractivity contribution < 1.29 is 23.9 Å². The highest BCUT2D eigenvalue weighted by atomic mass is 16.5. The van der Waals surface area contributed by atoms with Gasteiger partial charge in [0.1, 0.15) is 13.2 Å². The Hall–Kier alpha value is -3.48. The summed E-state index contributed by atoms with van der Waals surface area (Å²) < 4.78 is 5.25. The minimum atomic E-state index is -0.619. The number of para-hydroxylation sites is 1. The van der Waals surface area contributed by atoms with Crippen LogP contribution in [0.4, 0.5) is 5.69 Å². The van der Waals surface area contributed by atoms with Crippen LogP contribution in [0, 0.1) is 11.8 Å². The lowest BCUT2D eigenvalue weighted by Gasteiger charge is -2.19. The van der Waals surface area contributed by atoms with Gasteiger partial charge < -0.3 is 10.1 Å². The Morgan fingerprint density at radius 1 is 0.903 bits per heavy atom. The highest BCUT2D eigenvalue weighted by molar-refractivity contribution is 6.07. The van der Waals surface area contributed by atoms with Crippen LogP contribution in [0.2, 0.25) is 0 Å². The van der Waals surface area contributed by atoms with E-state index in [1.165, 1.54) is 0 Å². The number of anilines is 1. The lowest BCUT2D eigenvalue weighted by Crippen LogP contribution is -2.36. The number of carbonyl (C=O) groups is 4. The molecule has 2 aliphatic rings. The third-order valence-electron chi connectivity index (χ3n) is 5.87. The number of nitrogens with one attached hydrogen (secondary N) is 1. The number of carbonyl (C=O) groups excluding carboxylic acids is 4. The normalized spacial score (nSPS) is 20.3. The number of rotatable bonds is 6. The zero-order chi connectivity index (χ0) is 21.8. The highest BCUT2D eigenvalue weighted by Gasteiger charge is 2.48. The molecule has 0 unspecified atom stereocenters. The molecule has 4 rings (SSSR count). The van der Waals surface area contributed by atoms with Crippen molar-refractivity contribution in [1.29, 1.82) is 0 Å². The van der Waals surface area contributed by atoms with Gasteiger partial charge in [-0.05, 0) is 42.7 Å². The number of likely N-dealkylation sites (tertiary alicyclic amines) is 1. The van der Waals surface area contributed by atoms with E-state index in [0.29, 0.717) is 29.7 Å². The van der Waals surface area contributed by atoms with E-state index >= 15 is 0 Å². The minimum Gasteiger partial charge on any atom is -0.459 e. The number of amides is 3. The van der Waals surface area contributed by atoms with Crippen molar-refractivity contribution in [3.05, 3.63) is 65.7 Å². The molecule has 31 heavy (non-hydrogen) atoms. The van der Waals surface area contributed by atoms with Crippen LogP contribution in [0.25, 0.3) is 0 Å². The predicted octanol–water partition coefficient (Wildman–Crippen LogP) is 3.16. The summed E-state index contributed by atoms with van der Waals surface area (Å²) >= 11 is 0. The average Bonchev–Trinajstić information content (AvgIpc) is 3.04. The van der Waals surface area contributed by atoms with Gasteiger partial charge in [0.05, 0.1) is 11.8 Å². The van der Waals surface area contributed by atoms with Crippen LogP contribution in [-0.4, -0.2) is 35.1 Å². The van der Waals surface area contributed by atoms with Gasteiger partial charge in [-0.1, -0.05) is 43.2 Å². The molecule has 1 heterocycles. The molecular formula is C24H24N2O5. The van der Waals surface area contributed by atoms with Gasteiger partial charge in [0.2, 0.25) is 11.8 Å². The fourth-order valence-electron chi connectivity index (χ4n) is 4.20. The van der Waals surface area contributed by atoms with Crippen molar-refractivity contribution in [2.24, 2.45) is 11.8 Å². The summed E-state index contributed by atoms with van der Waals surface area (Å²) in [5.74, 6) is -1.90. The first-order valence-electron chi connectivity index (χ1n) is 10.5. The standard InChI is InChI=1S/C24H24N2O5/c27-21(14-26-23(29)19-8-4-5-9-20(19)24(26)30)31-15-16-10-12-17(13-11-16)22(28)25-18-6-2-1-3-7-18/h1-3,6-7,10-13,19-20H,4-5,8-9,14-15H2,(H,25,28)/t19-,20+. The second-order valence-corrected chi connectivity index (χ2v) is 7.94. The maximum absolute atomic E-state index is 12.5. The van der Waals surface area contributed by atoms with E-state index in [1.807, 2.05) is 18.2 Å². The highest BCUT2D eigenvalue weighted by Crippen LogP contribution is 2.37. The predicted molar refractivity (Wildman–Crippen MR) is 113 cm³/mol. The van der Waals surface area contributed by atoms with Crippen LogP contribution < -0.4 is 5.32 Å². The van der Waals surface area contributed by atoms with Crippen LogP contribution in [0.1, 0.15) is 41.6 Å². The minimum absolute atomic E-state index is 0.00248. The van der Waals surface area contributed by atoms with Gasteiger partial charge in [-0.25, -0.2) is 0 Å². The van der Waals surface area contributed by atoms with Crippen LogP contribution >= 0.6 is 0 Å². The summed E-state index contributed by atoms with van der Waals surface area (Å²) in [6, 6.07) is 15.9. The first kappa shape index (κ1) is 20.8. The first-order valence-corrected chi connectivity index (χ1v) is 10.5. The molecule has 0 aromatic heterocycles. The van der Waals surface area contributed by atoms with Gasteiger partial charge in [0, 0.05) is 11.3 Å². The zero-order valence-corrected chi connectivity index (χ0v) is 17.1. The summed E-state index contributed by atoms with van der Waals surface area (Å²) in [5, 5.41) is 2.80. The van der Waals surface area contributed by atoms with E-state index in [0.717, 1.165) is 17.7 Å². The van der Waals surface area contributed by atoms with Gasteiger partial charge in [-0.15, -0.1) is 0 Å². The molecule has 0 spiro atoms. The number of benzene rings is 2. The molecule has 7 nitrogen and oxygen atoms in total. The zero-order valence-electron chi connectivity index (χ0n) is 17.1. The van der Waals surface area contributed by atoms with Gasteiger partial charge in [0.15, 0.2) is 0 Å². The second-order valence-electron chi connectivity index (χ2n) is 7.94. The molecule has 1 N–H and O–H groups in total. The largest absolute Gasteiger partial charge is 0.459 e. The lowest BCUT2D eigenvalue weighted by atomic mass is 9.81. The first-order chi connectivity index (χ1) is 15.0. The summed E-state index contributed by atoms with van der Waals surface area (Å²) in [7, 11) is 0. The van der Waals surface area contributed by atoms with E-state index in [9.17, 15) is 19.2 Å². The van der Waals surface area contributed by atoms with Gasteiger partial charge in [-0.3, -0.25) is 24.1 Å². The number of imide groups is 1. The SMILES string of the molecule is O=C(CN1C(=O)[C@H]2CCCC[C@H]2C1=O)OCc1ccc(C(=O)Nc2ccccc2)cc1.